The number of hydrogen-bond acceptors (Lipinski definition) is 6. The molecular formula is C96H121N5O4S2. The lowest BCUT2D eigenvalue weighted by Gasteiger charge is -2.18. The molecule has 0 radical (unpaired) electrons. The lowest BCUT2D eigenvalue weighted by molar-refractivity contribution is -0.114. The number of carbonyl (C=O) groups is 4. The number of para-hydroxylation sites is 2. The Morgan fingerprint density at radius 2 is 0.533 bits per heavy atom. The summed E-state index contributed by atoms with van der Waals surface area (Å²) in [6, 6.07) is 44.0. The number of anilines is 4. The van der Waals surface area contributed by atoms with Gasteiger partial charge in [-0.15, -0.1) is 22.7 Å². The molecule has 4 aliphatic rings. The Hall–Kier alpha value is -7.60. The molecule has 0 fully saturated rings. The molecule has 0 aliphatic carbocycles. The molecule has 566 valence electrons. The number of aromatic nitrogens is 1. The maximum atomic E-state index is 15.3. The summed E-state index contributed by atoms with van der Waals surface area (Å²) in [6.45, 7) is 14.8. The van der Waals surface area contributed by atoms with Crippen LogP contribution in [0.15, 0.2) is 121 Å². The van der Waals surface area contributed by atoms with Gasteiger partial charge in [0.25, 0.3) is 23.6 Å². The first-order valence-electron chi connectivity index (χ1n) is 42.8. The Morgan fingerprint density at radius 3 is 0.850 bits per heavy atom. The third-order valence-electron chi connectivity index (χ3n) is 23.8. The molecule has 4 amide bonds. The van der Waals surface area contributed by atoms with Crippen LogP contribution >= 0.6 is 22.7 Å². The molecule has 0 saturated carbocycles. The zero-order valence-electron chi connectivity index (χ0n) is 65.6. The van der Waals surface area contributed by atoms with E-state index in [1.807, 2.05) is 78.7 Å². The number of thiophene rings is 2. The minimum Gasteiger partial charge on any atom is -0.340 e. The first-order chi connectivity index (χ1) is 52.7. The maximum Gasteiger partial charge on any atom is 0.259 e. The third kappa shape index (κ3) is 17.5. The van der Waals surface area contributed by atoms with Crippen LogP contribution in [0.25, 0.3) is 85.2 Å². The zero-order chi connectivity index (χ0) is 74.0. The molecule has 6 aromatic carbocycles. The molecule has 0 N–H and O–H groups in total. The van der Waals surface area contributed by atoms with E-state index in [4.69, 9.17) is 0 Å². The summed E-state index contributed by atoms with van der Waals surface area (Å²) >= 11 is 3.66. The number of unbranched alkanes of at least 4 members (excludes halogenated alkanes) is 33. The average molecular weight is 1470 g/mol. The highest BCUT2D eigenvalue weighted by Gasteiger charge is 2.44. The number of fused-ring (bicyclic) bond motifs is 9. The van der Waals surface area contributed by atoms with Crippen LogP contribution in [0.1, 0.15) is 301 Å². The second-order valence-corrected chi connectivity index (χ2v) is 33.8. The van der Waals surface area contributed by atoms with Gasteiger partial charge in [0.1, 0.15) is 0 Å². The fraction of sp³-hybridized carbons (Fsp3) is 0.500. The van der Waals surface area contributed by atoms with Gasteiger partial charge in [-0.3, -0.25) is 19.2 Å². The van der Waals surface area contributed by atoms with E-state index < -0.39 is 0 Å². The Bertz CT molecular complexity index is 4360. The Kier molecular flexibility index (Phi) is 27.7. The molecule has 0 unspecified atom stereocenters. The molecule has 3 aromatic heterocycles. The number of rotatable bonds is 45. The molecule has 107 heavy (non-hydrogen) atoms. The van der Waals surface area contributed by atoms with Gasteiger partial charge in [0.05, 0.1) is 45.0 Å². The summed E-state index contributed by atoms with van der Waals surface area (Å²) in [4.78, 5) is 70.7. The fourth-order valence-corrected chi connectivity index (χ4v) is 19.9. The van der Waals surface area contributed by atoms with Crippen molar-refractivity contribution in [2.45, 2.75) is 285 Å². The van der Waals surface area contributed by atoms with Crippen molar-refractivity contribution >= 4 is 133 Å². The summed E-state index contributed by atoms with van der Waals surface area (Å²) in [5.41, 5.74) is 14.0. The van der Waals surface area contributed by atoms with Gasteiger partial charge in [-0.05, 0) is 115 Å². The summed E-state index contributed by atoms with van der Waals surface area (Å²) in [6.07, 6.45) is 45.8. The van der Waals surface area contributed by atoms with Gasteiger partial charge in [-0.2, -0.15) is 0 Å². The third-order valence-corrected chi connectivity index (χ3v) is 26.1. The lowest BCUT2D eigenvalue weighted by atomic mass is 9.95. The van der Waals surface area contributed by atoms with E-state index in [9.17, 15) is 9.59 Å². The molecule has 9 nitrogen and oxygen atoms in total. The van der Waals surface area contributed by atoms with Gasteiger partial charge in [0.15, 0.2) is 0 Å². The van der Waals surface area contributed by atoms with Crippen molar-refractivity contribution in [3.05, 3.63) is 144 Å². The second kappa shape index (κ2) is 38.2. The lowest BCUT2D eigenvalue weighted by Crippen LogP contribution is -2.30. The molecule has 0 saturated heterocycles. The van der Waals surface area contributed by atoms with E-state index in [0.717, 1.165) is 133 Å². The van der Waals surface area contributed by atoms with Gasteiger partial charge < -0.3 is 24.2 Å². The quantitative estimate of drug-likeness (QED) is 0.0281. The van der Waals surface area contributed by atoms with Gasteiger partial charge in [-0.25, -0.2) is 0 Å². The zero-order valence-corrected chi connectivity index (χ0v) is 67.3. The molecule has 9 aromatic rings. The van der Waals surface area contributed by atoms with Crippen molar-refractivity contribution in [1.82, 2.24) is 4.57 Å². The van der Waals surface area contributed by atoms with Crippen LogP contribution in [0.4, 0.5) is 22.7 Å². The largest absolute Gasteiger partial charge is 0.340 e. The van der Waals surface area contributed by atoms with Gasteiger partial charge in [0.2, 0.25) is 0 Å². The summed E-state index contributed by atoms with van der Waals surface area (Å²) in [5, 5.41) is 4.98. The fourth-order valence-electron chi connectivity index (χ4n) is 17.7. The van der Waals surface area contributed by atoms with E-state index in [-0.39, 0.29) is 23.6 Å². The first-order valence-corrected chi connectivity index (χ1v) is 44.5. The van der Waals surface area contributed by atoms with Crippen molar-refractivity contribution in [1.29, 1.82) is 0 Å². The van der Waals surface area contributed by atoms with E-state index >= 15 is 9.59 Å². The normalized spacial score (nSPS) is 15.6. The number of amides is 4. The highest BCUT2D eigenvalue weighted by molar-refractivity contribution is 7.22. The number of benzene rings is 6. The number of aryl methyl sites for hydroxylation is 1. The molecule has 0 bridgehead atoms. The highest BCUT2D eigenvalue weighted by atomic mass is 32.1. The van der Waals surface area contributed by atoms with Crippen molar-refractivity contribution in [2.75, 3.05) is 45.8 Å². The van der Waals surface area contributed by atoms with Crippen molar-refractivity contribution in [3.8, 4) is 20.9 Å². The molecule has 0 spiro atoms. The maximum absolute atomic E-state index is 15.3. The van der Waals surface area contributed by atoms with E-state index in [2.05, 4.69) is 124 Å². The van der Waals surface area contributed by atoms with E-state index in [1.54, 1.807) is 0 Å². The van der Waals surface area contributed by atoms with Crippen LogP contribution in [0, 0.1) is 0 Å². The van der Waals surface area contributed by atoms with E-state index in [0.29, 0.717) is 48.5 Å². The molecule has 11 heteroatoms. The highest BCUT2D eigenvalue weighted by Crippen LogP contribution is 2.52. The van der Waals surface area contributed by atoms with Crippen LogP contribution in [0.3, 0.4) is 0 Å². The van der Waals surface area contributed by atoms with Crippen LogP contribution < -0.4 is 19.6 Å². The average Bonchev–Trinajstić information content (AvgIpc) is 1.58. The van der Waals surface area contributed by atoms with Gasteiger partial charge in [-0.1, -0.05) is 307 Å². The summed E-state index contributed by atoms with van der Waals surface area (Å²) in [7, 11) is 0. The van der Waals surface area contributed by atoms with Crippen LogP contribution in [-0.4, -0.2) is 54.4 Å². The monoisotopic (exact) mass is 1470 g/mol. The van der Waals surface area contributed by atoms with Gasteiger partial charge >= 0.3 is 0 Å². The number of hydrogen-bond donors (Lipinski definition) is 0. The molecule has 0 atom stereocenters. The Morgan fingerprint density at radius 1 is 0.262 bits per heavy atom. The van der Waals surface area contributed by atoms with Crippen LogP contribution in [0.2, 0.25) is 0 Å². The summed E-state index contributed by atoms with van der Waals surface area (Å²) < 4.78 is 5.09. The van der Waals surface area contributed by atoms with Crippen molar-refractivity contribution < 1.29 is 19.2 Å². The van der Waals surface area contributed by atoms with E-state index in [1.165, 1.54) is 225 Å². The first kappa shape index (κ1) is 77.6. The molecular weight excluding hydrogens is 1350 g/mol. The van der Waals surface area contributed by atoms with Crippen LogP contribution in [0.5, 0.6) is 0 Å². The molecule has 13 rings (SSSR count). The number of nitrogens with zero attached hydrogens (tertiary/aromatic N) is 5. The standard InChI is InChI=1S/C96H121N5O4S2/c1-6-11-16-21-26-27-28-29-30-31-32-33-38-43-56-97-83-63-71-65-85(69-52-54-75-81(61-69)100(59-46-36-24-19-14-9-4)95(104)91(75)89-73-48-39-41-50-79(73)98(93(89)102)57-44-34-22-17-12-7-2)106-87(71)67-77(83)78-68-88-72(64-84(78)97)66-86(107-88)70-53-55-76-82(62-70)101(60-47-37-25-20-15-10-5)96(105)92(76)90-74-49-40-42-51-80(74)99(94(90)103)58-45-35-23-18-13-8-3/h39-42,48-55,61-68H,6-38,43-47,56-60H2,1-5H3/b91-89+,92-90+. The molecule has 7 heterocycles. The van der Waals surface area contributed by atoms with Crippen LogP contribution in [-0.2, 0) is 25.7 Å². The summed E-state index contributed by atoms with van der Waals surface area (Å²) in [5.74, 6) is -0.217. The topological polar surface area (TPSA) is 86.2 Å². The SMILES string of the molecule is CCCCCCCCCCCCCCCCn1c2cc3cc(-c4ccc5c(c4)N(CCCCCCCC)C(=O)/C5=C4/C(=O)N(CCCCCCCC)c5ccccc54)sc3cc2c2cc3sc(-c4ccc5c(c4)N(CCCCCCCC)C(=O)/C5=C4/C(=O)N(CCCCCCCC)c5ccccc54)cc3cc21. The molecule has 4 aliphatic heterocycles. The predicted octanol–water partition coefficient (Wildman–Crippen LogP) is 27.7. The predicted molar refractivity (Wildman–Crippen MR) is 461 cm³/mol. The smallest absolute Gasteiger partial charge is 0.259 e. The minimum absolute atomic E-state index is 0.0515. The van der Waals surface area contributed by atoms with Gasteiger partial charge in [0, 0.05) is 95.9 Å². The Labute approximate surface area is 648 Å². The second-order valence-electron chi connectivity index (χ2n) is 31.7. The van der Waals surface area contributed by atoms with Crippen molar-refractivity contribution in [3.63, 3.8) is 0 Å². The Balaban J connectivity index is 0.830. The minimum atomic E-state index is -0.0568. The van der Waals surface area contributed by atoms with Crippen molar-refractivity contribution in [2.24, 2.45) is 0 Å². The number of carbonyl (C=O) groups excluding carboxylic acids is 4.